The zero-order valence-corrected chi connectivity index (χ0v) is 13.7. The Balaban J connectivity index is 1.64. The maximum Gasteiger partial charge on any atom is 0.254 e. The van der Waals surface area contributed by atoms with E-state index in [1.54, 1.807) is 24.1 Å². The summed E-state index contributed by atoms with van der Waals surface area (Å²) in [5.74, 6) is 0.221. The SMILES string of the molecule is Cc1ccc([C@H]2OCCC[C@H]2CNC(=O)c2cnn(C)c2)cc1. The highest BCUT2D eigenvalue weighted by molar-refractivity contribution is 5.93. The second-order valence-electron chi connectivity index (χ2n) is 6.22. The fourth-order valence-electron chi connectivity index (χ4n) is 3.04. The Hall–Kier alpha value is -2.14. The third-order valence-electron chi connectivity index (χ3n) is 4.34. The number of nitrogens with one attached hydrogen (secondary N) is 1. The number of nitrogens with zero attached hydrogens (tertiary/aromatic N) is 2. The zero-order valence-electron chi connectivity index (χ0n) is 13.7. The van der Waals surface area contributed by atoms with Crippen LogP contribution in [0.4, 0.5) is 0 Å². The van der Waals surface area contributed by atoms with E-state index in [1.165, 1.54) is 11.1 Å². The van der Waals surface area contributed by atoms with E-state index in [-0.39, 0.29) is 12.0 Å². The van der Waals surface area contributed by atoms with Gasteiger partial charge in [-0.15, -0.1) is 0 Å². The molecule has 1 fully saturated rings. The molecule has 0 bridgehead atoms. The summed E-state index contributed by atoms with van der Waals surface area (Å²) in [6, 6.07) is 8.47. The molecule has 1 aromatic carbocycles. The van der Waals surface area contributed by atoms with Gasteiger partial charge >= 0.3 is 0 Å². The topological polar surface area (TPSA) is 56.1 Å². The van der Waals surface area contributed by atoms with E-state index in [9.17, 15) is 4.79 Å². The van der Waals surface area contributed by atoms with Crippen molar-refractivity contribution in [2.45, 2.75) is 25.9 Å². The molecule has 0 aliphatic carbocycles. The van der Waals surface area contributed by atoms with Crippen LogP contribution in [0.5, 0.6) is 0 Å². The van der Waals surface area contributed by atoms with Crippen LogP contribution < -0.4 is 5.32 Å². The lowest BCUT2D eigenvalue weighted by Gasteiger charge is -2.32. The molecule has 122 valence electrons. The van der Waals surface area contributed by atoms with Gasteiger partial charge < -0.3 is 10.1 Å². The van der Waals surface area contributed by atoms with Crippen molar-refractivity contribution >= 4 is 5.91 Å². The first-order valence-electron chi connectivity index (χ1n) is 8.08. The van der Waals surface area contributed by atoms with Gasteiger partial charge in [-0.05, 0) is 25.3 Å². The first-order chi connectivity index (χ1) is 11.1. The molecule has 5 nitrogen and oxygen atoms in total. The maximum absolute atomic E-state index is 12.2. The highest BCUT2D eigenvalue weighted by Crippen LogP contribution is 2.33. The molecule has 1 aliphatic rings. The number of carbonyl (C=O) groups is 1. The van der Waals surface area contributed by atoms with Gasteiger partial charge in [0.1, 0.15) is 0 Å². The molecule has 1 amide bonds. The third-order valence-corrected chi connectivity index (χ3v) is 4.34. The largest absolute Gasteiger partial charge is 0.373 e. The van der Waals surface area contributed by atoms with E-state index in [4.69, 9.17) is 4.74 Å². The predicted molar refractivity (Wildman–Crippen MR) is 88.1 cm³/mol. The molecule has 5 heteroatoms. The standard InChI is InChI=1S/C18H23N3O2/c1-13-5-7-14(8-6-13)17-15(4-3-9-23-17)10-19-18(22)16-11-20-21(2)12-16/h5-8,11-12,15,17H,3-4,9-10H2,1-2H3,(H,19,22)/t15-,17+/m0/s1. The van der Waals surface area contributed by atoms with Crippen LogP contribution in [0.25, 0.3) is 0 Å². The summed E-state index contributed by atoms with van der Waals surface area (Å²) >= 11 is 0. The Bertz CT molecular complexity index is 663. The van der Waals surface area contributed by atoms with Crippen LogP contribution in [0.15, 0.2) is 36.7 Å². The number of rotatable bonds is 4. The first kappa shape index (κ1) is 15.7. The summed E-state index contributed by atoms with van der Waals surface area (Å²) in [4.78, 5) is 12.2. The molecule has 0 radical (unpaired) electrons. The van der Waals surface area contributed by atoms with Gasteiger partial charge in [0, 0.05) is 32.3 Å². The third kappa shape index (κ3) is 3.79. The van der Waals surface area contributed by atoms with Gasteiger partial charge in [-0.25, -0.2) is 0 Å². The summed E-state index contributed by atoms with van der Waals surface area (Å²) in [7, 11) is 1.80. The quantitative estimate of drug-likeness (QED) is 0.944. The number of amides is 1. The van der Waals surface area contributed by atoms with Crippen molar-refractivity contribution in [3.8, 4) is 0 Å². The summed E-state index contributed by atoms with van der Waals surface area (Å²) in [5, 5.41) is 7.06. The van der Waals surface area contributed by atoms with E-state index in [0.29, 0.717) is 18.0 Å². The van der Waals surface area contributed by atoms with Crippen LogP contribution in [0.2, 0.25) is 0 Å². The minimum Gasteiger partial charge on any atom is -0.373 e. The molecule has 0 spiro atoms. The number of benzene rings is 1. The number of hydrogen-bond acceptors (Lipinski definition) is 3. The van der Waals surface area contributed by atoms with E-state index in [0.717, 1.165) is 19.4 Å². The Morgan fingerprint density at radius 3 is 2.87 bits per heavy atom. The van der Waals surface area contributed by atoms with E-state index in [2.05, 4.69) is 41.6 Å². The normalized spacial score (nSPS) is 21.1. The second-order valence-corrected chi connectivity index (χ2v) is 6.22. The van der Waals surface area contributed by atoms with Gasteiger partial charge in [-0.3, -0.25) is 9.48 Å². The van der Waals surface area contributed by atoms with Crippen molar-refractivity contribution in [3.05, 3.63) is 53.3 Å². The molecule has 2 heterocycles. The summed E-state index contributed by atoms with van der Waals surface area (Å²) in [6.07, 6.45) is 5.47. The average molecular weight is 313 g/mol. The Labute approximate surface area is 136 Å². The summed E-state index contributed by atoms with van der Waals surface area (Å²) in [5.41, 5.74) is 3.03. The number of aromatic nitrogens is 2. The molecular formula is C18H23N3O2. The molecule has 0 saturated carbocycles. The predicted octanol–water partition coefficient (Wildman–Crippen LogP) is 2.63. The van der Waals surface area contributed by atoms with Crippen molar-refractivity contribution in [2.24, 2.45) is 13.0 Å². The van der Waals surface area contributed by atoms with Crippen LogP contribution in [0.1, 0.15) is 40.4 Å². The van der Waals surface area contributed by atoms with E-state index in [1.807, 2.05) is 0 Å². The van der Waals surface area contributed by atoms with Crippen LogP contribution in [-0.2, 0) is 11.8 Å². The highest BCUT2D eigenvalue weighted by Gasteiger charge is 2.27. The number of ether oxygens (including phenoxy) is 1. The monoisotopic (exact) mass is 313 g/mol. The lowest BCUT2D eigenvalue weighted by molar-refractivity contribution is -0.0272. The van der Waals surface area contributed by atoms with Crippen molar-refractivity contribution < 1.29 is 9.53 Å². The van der Waals surface area contributed by atoms with E-state index >= 15 is 0 Å². The van der Waals surface area contributed by atoms with Crippen LogP contribution in [0, 0.1) is 12.8 Å². The first-order valence-corrected chi connectivity index (χ1v) is 8.08. The van der Waals surface area contributed by atoms with Crippen LogP contribution >= 0.6 is 0 Å². The molecule has 1 saturated heterocycles. The molecule has 23 heavy (non-hydrogen) atoms. The number of hydrogen-bond donors (Lipinski definition) is 1. The fourth-order valence-corrected chi connectivity index (χ4v) is 3.04. The van der Waals surface area contributed by atoms with Gasteiger partial charge in [0.15, 0.2) is 0 Å². The van der Waals surface area contributed by atoms with Gasteiger partial charge in [-0.2, -0.15) is 5.10 Å². The Morgan fingerprint density at radius 2 is 2.17 bits per heavy atom. The lowest BCUT2D eigenvalue weighted by atomic mass is 9.89. The Morgan fingerprint density at radius 1 is 1.39 bits per heavy atom. The van der Waals surface area contributed by atoms with Gasteiger partial charge in [0.2, 0.25) is 0 Å². The molecule has 1 aromatic heterocycles. The molecule has 2 atom stereocenters. The van der Waals surface area contributed by atoms with Gasteiger partial charge in [-0.1, -0.05) is 29.8 Å². The van der Waals surface area contributed by atoms with Crippen molar-refractivity contribution in [3.63, 3.8) is 0 Å². The number of aryl methyl sites for hydroxylation is 2. The van der Waals surface area contributed by atoms with Crippen LogP contribution in [-0.4, -0.2) is 28.8 Å². The number of carbonyl (C=O) groups excluding carboxylic acids is 1. The van der Waals surface area contributed by atoms with E-state index < -0.39 is 0 Å². The molecular weight excluding hydrogens is 290 g/mol. The van der Waals surface area contributed by atoms with Crippen molar-refractivity contribution in [1.82, 2.24) is 15.1 Å². The minimum absolute atomic E-state index is 0.0542. The zero-order chi connectivity index (χ0) is 16.2. The Kier molecular flexibility index (Phi) is 4.76. The molecule has 2 aromatic rings. The van der Waals surface area contributed by atoms with Crippen LogP contribution in [0.3, 0.4) is 0 Å². The average Bonchev–Trinajstić information content (AvgIpc) is 3.00. The highest BCUT2D eigenvalue weighted by atomic mass is 16.5. The fraction of sp³-hybridized carbons (Fsp3) is 0.444. The minimum atomic E-state index is -0.0775. The second kappa shape index (κ2) is 6.96. The molecule has 1 N–H and O–H groups in total. The molecule has 0 unspecified atom stereocenters. The molecule has 1 aliphatic heterocycles. The van der Waals surface area contributed by atoms with Crippen molar-refractivity contribution in [2.75, 3.05) is 13.2 Å². The lowest BCUT2D eigenvalue weighted by Crippen LogP contribution is -2.35. The summed E-state index contributed by atoms with van der Waals surface area (Å²) < 4.78 is 7.62. The smallest absolute Gasteiger partial charge is 0.254 e. The molecule has 3 rings (SSSR count). The van der Waals surface area contributed by atoms with Crippen molar-refractivity contribution in [1.29, 1.82) is 0 Å². The summed E-state index contributed by atoms with van der Waals surface area (Å²) in [6.45, 7) is 3.48. The maximum atomic E-state index is 12.2. The van der Waals surface area contributed by atoms with Gasteiger partial charge in [0.25, 0.3) is 5.91 Å². The van der Waals surface area contributed by atoms with Gasteiger partial charge in [0.05, 0.1) is 17.9 Å².